The van der Waals surface area contributed by atoms with Gasteiger partial charge in [-0.15, -0.1) is 0 Å². The monoisotopic (exact) mass is 478 g/mol. The van der Waals surface area contributed by atoms with Crippen molar-refractivity contribution in [2.24, 2.45) is 5.41 Å². The number of aryl methyl sites for hydroxylation is 2. The average molecular weight is 479 g/mol. The topological polar surface area (TPSA) is 62.7 Å². The summed E-state index contributed by atoms with van der Waals surface area (Å²) >= 11 is 0. The maximum atomic E-state index is 15.7. The molecule has 2 heterocycles. The predicted molar refractivity (Wildman–Crippen MR) is 137 cm³/mol. The van der Waals surface area contributed by atoms with Crippen LogP contribution in [-0.2, 0) is 11.2 Å². The van der Waals surface area contributed by atoms with Crippen LogP contribution < -0.4 is 4.74 Å². The fourth-order valence-electron chi connectivity index (χ4n) is 5.31. The van der Waals surface area contributed by atoms with Crippen molar-refractivity contribution in [3.05, 3.63) is 71.4 Å². The van der Waals surface area contributed by atoms with Crippen LogP contribution in [0.3, 0.4) is 0 Å². The molecule has 6 heteroatoms. The Morgan fingerprint density at radius 2 is 1.94 bits per heavy atom. The van der Waals surface area contributed by atoms with Crippen molar-refractivity contribution < 1.29 is 19.0 Å². The molecule has 5 nitrogen and oxygen atoms in total. The molecule has 1 N–H and O–H groups in total. The average Bonchev–Trinajstić information content (AvgIpc) is 2.88. The molecule has 0 spiro atoms. The van der Waals surface area contributed by atoms with Crippen molar-refractivity contribution in [3.63, 3.8) is 0 Å². The van der Waals surface area contributed by atoms with Gasteiger partial charge in [-0.25, -0.2) is 4.39 Å². The van der Waals surface area contributed by atoms with Gasteiger partial charge in [0.15, 0.2) is 0 Å². The number of likely N-dealkylation sites (tertiary alicyclic amines) is 1. The van der Waals surface area contributed by atoms with E-state index in [1.807, 2.05) is 31.2 Å². The van der Waals surface area contributed by atoms with E-state index in [4.69, 9.17) is 4.74 Å². The summed E-state index contributed by atoms with van der Waals surface area (Å²) in [6.45, 7) is 4.30. The molecule has 2 aromatic carbocycles. The highest BCUT2D eigenvalue weighted by atomic mass is 19.1. The van der Waals surface area contributed by atoms with Crippen LogP contribution in [0.5, 0.6) is 5.75 Å². The number of rotatable bonds is 10. The first kappa shape index (κ1) is 25.1. The second-order valence-electron chi connectivity index (χ2n) is 9.76. The molecule has 0 saturated carbocycles. The highest BCUT2D eigenvalue weighted by Gasteiger charge is 2.41. The zero-order valence-electron chi connectivity index (χ0n) is 20.7. The van der Waals surface area contributed by atoms with E-state index in [0.717, 1.165) is 43.4 Å². The molecule has 1 fully saturated rings. The smallest absolute Gasteiger partial charge is 0.309 e. The molecule has 1 aliphatic heterocycles. The van der Waals surface area contributed by atoms with E-state index in [-0.39, 0.29) is 6.42 Å². The molecule has 0 amide bonds. The van der Waals surface area contributed by atoms with Crippen LogP contribution in [0.25, 0.3) is 10.9 Å². The Hall–Kier alpha value is -2.99. The van der Waals surface area contributed by atoms with Gasteiger partial charge in [0.2, 0.25) is 0 Å². The van der Waals surface area contributed by atoms with Gasteiger partial charge in [-0.05, 0) is 100.0 Å². The van der Waals surface area contributed by atoms with Crippen molar-refractivity contribution in [1.82, 2.24) is 9.88 Å². The van der Waals surface area contributed by atoms with E-state index in [2.05, 4.69) is 34.1 Å². The van der Waals surface area contributed by atoms with E-state index in [0.29, 0.717) is 36.1 Å². The molecule has 3 aromatic rings. The third-order valence-corrected chi connectivity index (χ3v) is 7.56. The van der Waals surface area contributed by atoms with Crippen molar-refractivity contribution >= 4 is 16.9 Å². The number of methoxy groups -OCH3 is 1. The van der Waals surface area contributed by atoms with E-state index in [9.17, 15) is 9.90 Å². The predicted octanol–water partition coefficient (Wildman–Crippen LogP) is 6.14. The van der Waals surface area contributed by atoms with Crippen LogP contribution >= 0.6 is 0 Å². The Kier molecular flexibility index (Phi) is 8.01. The molecule has 0 unspecified atom stereocenters. The van der Waals surface area contributed by atoms with Crippen LogP contribution in [0.2, 0.25) is 0 Å². The fourth-order valence-corrected chi connectivity index (χ4v) is 5.31. The number of carboxylic acid groups (broad SMARTS) is 1. The Morgan fingerprint density at radius 3 is 2.63 bits per heavy atom. The number of nitrogens with zero attached hydrogens (tertiary/aromatic N) is 2. The number of aromatic nitrogens is 1. The Labute approximate surface area is 206 Å². The van der Waals surface area contributed by atoms with Crippen LogP contribution in [-0.4, -0.2) is 47.7 Å². The highest BCUT2D eigenvalue weighted by Crippen LogP contribution is 2.41. The minimum Gasteiger partial charge on any atom is -0.497 e. The number of hydrogen-bond acceptors (Lipinski definition) is 4. The zero-order valence-corrected chi connectivity index (χ0v) is 20.7. The number of alkyl halides is 1. The molecule has 0 radical (unpaired) electrons. The third-order valence-electron chi connectivity index (χ3n) is 7.56. The SMILES string of the molecule is COc1ccc2ncc(C)c([C@H](F)CCC3(C(=O)O)CCN(CCCc4ccccc4)CC3)c2c1. The van der Waals surface area contributed by atoms with E-state index in [1.165, 1.54) is 5.56 Å². The number of aliphatic carboxylic acids is 1. The minimum absolute atomic E-state index is 0.178. The Balaban J connectivity index is 1.38. The van der Waals surface area contributed by atoms with Crippen molar-refractivity contribution in [2.45, 2.75) is 51.6 Å². The van der Waals surface area contributed by atoms with E-state index in [1.54, 1.807) is 13.3 Å². The van der Waals surface area contributed by atoms with E-state index >= 15 is 4.39 Å². The number of halogens is 1. The van der Waals surface area contributed by atoms with Crippen LogP contribution in [0, 0.1) is 12.3 Å². The van der Waals surface area contributed by atoms with Crippen LogP contribution in [0.1, 0.15) is 55.0 Å². The van der Waals surface area contributed by atoms with Crippen molar-refractivity contribution in [2.75, 3.05) is 26.7 Å². The lowest BCUT2D eigenvalue weighted by molar-refractivity contribution is -0.153. The summed E-state index contributed by atoms with van der Waals surface area (Å²) in [5, 5.41) is 10.8. The van der Waals surface area contributed by atoms with Gasteiger partial charge in [-0.1, -0.05) is 30.3 Å². The van der Waals surface area contributed by atoms with Crippen molar-refractivity contribution in [1.29, 1.82) is 0 Å². The molecule has 4 rings (SSSR count). The molecule has 186 valence electrons. The molecule has 1 saturated heterocycles. The molecule has 1 atom stereocenters. The first-order chi connectivity index (χ1) is 16.9. The summed E-state index contributed by atoms with van der Waals surface area (Å²) in [6, 6.07) is 15.9. The zero-order chi connectivity index (χ0) is 24.8. The summed E-state index contributed by atoms with van der Waals surface area (Å²) < 4.78 is 21.0. The number of fused-ring (bicyclic) bond motifs is 1. The molecule has 0 bridgehead atoms. The molecular weight excluding hydrogens is 443 g/mol. The molecule has 1 aliphatic rings. The first-order valence-electron chi connectivity index (χ1n) is 12.5. The summed E-state index contributed by atoms with van der Waals surface area (Å²) in [7, 11) is 1.58. The summed E-state index contributed by atoms with van der Waals surface area (Å²) in [6.07, 6.45) is 4.13. The minimum atomic E-state index is -1.26. The van der Waals surface area contributed by atoms with Gasteiger partial charge in [-0.2, -0.15) is 0 Å². The first-order valence-corrected chi connectivity index (χ1v) is 12.5. The Morgan fingerprint density at radius 1 is 1.20 bits per heavy atom. The standard InChI is InChI=1S/C29H35FN2O3/c1-21-20-31-26-11-10-23(35-2)19-24(26)27(21)25(30)12-13-29(28(33)34)14-17-32(18-15-29)16-6-9-22-7-4-3-5-8-22/h3-5,7-8,10-11,19-20,25H,6,9,12-18H2,1-2H3,(H,33,34)/t25-/m1/s1. The number of pyridine rings is 1. The maximum absolute atomic E-state index is 15.7. The number of carbonyl (C=O) groups is 1. The molecular formula is C29H35FN2O3. The second-order valence-corrected chi connectivity index (χ2v) is 9.76. The van der Waals surface area contributed by atoms with Gasteiger partial charge >= 0.3 is 5.97 Å². The summed E-state index contributed by atoms with van der Waals surface area (Å²) in [5.41, 5.74) is 2.54. The number of piperidine rings is 1. The van der Waals surface area contributed by atoms with Gasteiger partial charge in [0, 0.05) is 11.6 Å². The normalized spacial score (nSPS) is 16.8. The third kappa shape index (κ3) is 5.81. The quantitative estimate of drug-likeness (QED) is 0.379. The largest absolute Gasteiger partial charge is 0.497 e. The van der Waals surface area contributed by atoms with Gasteiger partial charge < -0.3 is 14.7 Å². The molecule has 0 aliphatic carbocycles. The highest BCUT2D eigenvalue weighted by molar-refractivity contribution is 5.85. The van der Waals surface area contributed by atoms with E-state index < -0.39 is 17.6 Å². The Bertz CT molecular complexity index is 1140. The summed E-state index contributed by atoms with van der Waals surface area (Å²) in [4.78, 5) is 19.1. The number of benzene rings is 2. The van der Waals surface area contributed by atoms with Crippen LogP contribution in [0.4, 0.5) is 4.39 Å². The number of hydrogen-bond donors (Lipinski definition) is 1. The molecule has 1 aromatic heterocycles. The number of ether oxygens (including phenoxy) is 1. The van der Waals surface area contributed by atoms with Crippen molar-refractivity contribution in [3.8, 4) is 5.75 Å². The number of carboxylic acids is 1. The summed E-state index contributed by atoms with van der Waals surface area (Å²) in [5.74, 6) is -0.147. The maximum Gasteiger partial charge on any atom is 0.309 e. The molecule has 35 heavy (non-hydrogen) atoms. The van der Waals surface area contributed by atoms with Gasteiger partial charge in [0.1, 0.15) is 11.9 Å². The van der Waals surface area contributed by atoms with Gasteiger partial charge in [-0.3, -0.25) is 9.78 Å². The van der Waals surface area contributed by atoms with Crippen LogP contribution in [0.15, 0.2) is 54.7 Å². The second kappa shape index (κ2) is 11.2. The van der Waals surface area contributed by atoms with Gasteiger partial charge in [0.05, 0.1) is 18.0 Å². The lowest BCUT2D eigenvalue weighted by atomic mass is 9.74. The lowest BCUT2D eigenvalue weighted by Gasteiger charge is -2.39. The fraction of sp³-hybridized carbons (Fsp3) is 0.448. The van der Waals surface area contributed by atoms with Gasteiger partial charge in [0.25, 0.3) is 0 Å². The lowest BCUT2D eigenvalue weighted by Crippen LogP contribution is -2.44.